The van der Waals surface area contributed by atoms with E-state index in [9.17, 15) is 26.4 Å². The highest BCUT2D eigenvalue weighted by Crippen LogP contribution is 2.46. The lowest BCUT2D eigenvalue weighted by molar-refractivity contribution is -0.137. The average Bonchev–Trinajstić information content (AvgIpc) is 3.18. The van der Waals surface area contributed by atoms with Crippen LogP contribution >= 0.6 is 11.8 Å². The molecule has 4 unspecified atom stereocenters. The zero-order valence-electron chi connectivity index (χ0n) is 13.9. The van der Waals surface area contributed by atoms with E-state index >= 15 is 0 Å². The van der Waals surface area contributed by atoms with E-state index in [0.29, 0.717) is 6.07 Å². The molecule has 1 saturated carbocycles. The molecule has 1 aliphatic heterocycles. The maximum absolute atomic E-state index is 13.0. The number of hydrogen-bond acceptors (Lipinski definition) is 6. The Balaban J connectivity index is 1.99. The molecule has 0 radical (unpaired) electrons. The van der Waals surface area contributed by atoms with Crippen LogP contribution in [-0.2, 0) is 25.6 Å². The maximum Gasteiger partial charge on any atom is 0.416 e. The van der Waals surface area contributed by atoms with Gasteiger partial charge in [-0.2, -0.15) is 24.9 Å². The summed E-state index contributed by atoms with van der Waals surface area (Å²) in [5, 5.41) is 3.84. The van der Waals surface area contributed by atoms with Gasteiger partial charge in [0, 0.05) is 23.0 Å². The largest absolute Gasteiger partial charge is 0.416 e. The normalized spacial score (nSPS) is 28.0. The molecule has 0 N–H and O–H groups in total. The zero-order chi connectivity index (χ0) is 19.3. The number of rotatable bonds is 5. The summed E-state index contributed by atoms with van der Waals surface area (Å²) < 4.78 is 63.0. The molecule has 1 aromatic rings. The number of halogens is 3. The molecule has 1 heterocycles. The summed E-state index contributed by atoms with van der Waals surface area (Å²) in [6, 6.07) is 2.42. The molecule has 2 aliphatic rings. The number of hydrogen-bond donors (Lipinski definition) is 0. The van der Waals surface area contributed by atoms with Gasteiger partial charge < -0.3 is 4.84 Å². The van der Waals surface area contributed by atoms with Gasteiger partial charge in [-0.1, -0.05) is 11.2 Å². The number of alkyl halides is 3. The van der Waals surface area contributed by atoms with Crippen molar-refractivity contribution in [1.82, 2.24) is 0 Å². The van der Waals surface area contributed by atoms with E-state index < -0.39 is 38.5 Å². The number of nitrogens with zero attached hydrogens (tertiary/aromatic N) is 1. The van der Waals surface area contributed by atoms with E-state index in [2.05, 4.69) is 5.16 Å². The van der Waals surface area contributed by atoms with Gasteiger partial charge in [-0.25, -0.2) is 8.42 Å². The summed E-state index contributed by atoms with van der Waals surface area (Å²) >= 11 is 1.57. The highest BCUT2D eigenvalue weighted by Gasteiger charge is 2.49. The first kappa shape index (κ1) is 19.2. The Kier molecular flexibility index (Phi) is 4.85. The third kappa shape index (κ3) is 3.62. The van der Waals surface area contributed by atoms with Gasteiger partial charge in [0.1, 0.15) is 11.7 Å². The molecule has 1 fully saturated rings. The second-order valence-corrected chi connectivity index (χ2v) is 9.41. The van der Waals surface area contributed by atoms with Gasteiger partial charge in [0.05, 0.1) is 16.7 Å². The highest BCUT2D eigenvalue weighted by atomic mass is 32.2. The number of ketones is 1. The SMILES string of the molecule is CSC1CC1C(=O)C1C=NOC1c1ccc(C(F)(F)F)cc1S(C)(=O)=O. The van der Waals surface area contributed by atoms with Crippen molar-refractivity contribution >= 4 is 33.6 Å². The van der Waals surface area contributed by atoms with Gasteiger partial charge in [0.15, 0.2) is 15.9 Å². The van der Waals surface area contributed by atoms with Gasteiger partial charge in [0.25, 0.3) is 0 Å². The fourth-order valence-corrected chi connectivity index (χ4v) is 4.84. The lowest BCUT2D eigenvalue weighted by Gasteiger charge is -2.20. The third-order valence-electron chi connectivity index (χ3n) is 4.50. The highest BCUT2D eigenvalue weighted by molar-refractivity contribution is 7.99. The molecule has 0 bridgehead atoms. The Hall–Kier alpha value is -1.55. The van der Waals surface area contributed by atoms with Crippen LogP contribution in [-0.4, -0.2) is 38.2 Å². The fraction of sp³-hybridized carbons (Fsp3) is 0.500. The molecule has 0 saturated heterocycles. The summed E-state index contributed by atoms with van der Waals surface area (Å²) in [4.78, 5) is 17.3. The van der Waals surface area contributed by atoms with Crippen molar-refractivity contribution in [1.29, 1.82) is 0 Å². The minimum absolute atomic E-state index is 0.0118. The van der Waals surface area contributed by atoms with Crippen LogP contribution in [0.2, 0.25) is 0 Å². The monoisotopic (exact) mass is 407 g/mol. The van der Waals surface area contributed by atoms with Crippen LogP contribution < -0.4 is 0 Å². The van der Waals surface area contributed by atoms with Crippen molar-refractivity contribution in [2.75, 3.05) is 12.5 Å². The van der Waals surface area contributed by atoms with Gasteiger partial charge in [-0.3, -0.25) is 4.79 Å². The smallest absolute Gasteiger partial charge is 0.387 e. The summed E-state index contributed by atoms with van der Waals surface area (Å²) in [6.45, 7) is 0. The van der Waals surface area contributed by atoms with Crippen LogP contribution in [0.15, 0.2) is 28.3 Å². The van der Waals surface area contributed by atoms with Crippen LogP contribution in [0.5, 0.6) is 0 Å². The lowest BCUT2D eigenvalue weighted by atomic mass is 9.90. The number of Topliss-reactive ketones (excluding diaryl/α,β-unsaturated/α-hetero) is 1. The number of oxime groups is 1. The minimum Gasteiger partial charge on any atom is -0.387 e. The second-order valence-electron chi connectivity index (χ2n) is 6.35. The standard InChI is InChI=1S/C16H16F3NO4S2/c1-25-12-6-10(12)14(21)11-7-20-24-15(11)9-4-3-8(16(17,18)19)5-13(9)26(2,22)23/h3-5,7,10-12,15H,6H2,1-2H3. The fourth-order valence-electron chi connectivity index (χ4n) is 3.03. The summed E-state index contributed by atoms with van der Waals surface area (Å²) in [7, 11) is -3.97. The Bertz CT molecular complexity index is 867. The quantitative estimate of drug-likeness (QED) is 0.750. The molecule has 26 heavy (non-hydrogen) atoms. The number of sulfone groups is 1. The van der Waals surface area contributed by atoms with Gasteiger partial charge in [-0.05, 0) is 24.8 Å². The van der Waals surface area contributed by atoms with Crippen LogP contribution in [0.25, 0.3) is 0 Å². The van der Waals surface area contributed by atoms with Crippen LogP contribution in [0.1, 0.15) is 23.7 Å². The molecule has 142 valence electrons. The molecular formula is C16H16F3NO4S2. The molecule has 0 amide bonds. The van der Waals surface area contributed by atoms with E-state index in [4.69, 9.17) is 4.84 Å². The van der Waals surface area contributed by atoms with Gasteiger partial charge in [-0.15, -0.1) is 0 Å². The molecule has 3 rings (SSSR count). The number of carbonyl (C=O) groups excluding carboxylic acids is 1. The zero-order valence-corrected chi connectivity index (χ0v) is 15.5. The molecule has 0 aromatic heterocycles. The number of benzene rings is 1. The second kappa shape index (κ2) is 6.56. The van der Waals surface area contributed by atoms with Crippen molar-refractivity contribution in [2.24, 2.45) is 17.0 Å². The topological polar surface area (TPSA) is 72.8 Å². The predicted molar refractivity (Wildman–Crippen MR) is 90.8 cm³/mol. The molecule has 0 spiro atoms. The van der Waals surface area contributed by atoms with Crippen LogP contribution in [0.4, 0.5) is 13.2 Å². The first-order valence-corrected chi connectivity index (χ1v) is 10.9. The van der Waals surface area contributed by atoms with Crippen molar-refractivity contribution in [3.8, 4) is 0 Å². The third-order valence-corrected chi connectivity index (χ3v) is 6.78. The van der Waals surface area contributed by atoms with E-state index in [1.165, 1.54) is 6.21 Å². The molecule has 5 nitrogen and oxygen atoms in total. The summed E-state index contributed by atoms with van der Waals surface area (Å²) in [5.41, 5.74) is -1.06. The van der Waals surface area contributed by atoms with Crippen molar-refractivity contribution < 1.29 is 31.2 Å². The lowest BCUT2D eigenvalue weighted by Crippen LogP contribution is -2.24. The van der Waals surface area contributed by atoms with Crippen LogP contribution in [0.3, 0.4) is 0 Å². The van der Waals surface area contributed by atoms with Crippen molar-refractivity contribution in [3.63, 3.8) is 0 Å². The first-order valence-electron chi connectivity index (χ1n) is 7.71. The molecular weight excluding hydrogens is 391 g/mol. The number of thioether (sulfide) groups is 1. The van der Waals surface area contributed by atoms with Gasteiger partial charge >= 0.3 is 6.18 Å². The van der Waals surface area contributed by atoms with E-state index in [1.807, 2.05) is 6.26 Å². The predicted octanol–water partition coefficient (Wildman–Crippen LogP) is 3.10. The van der Waals surface area contributed by atoms with Crippen LogP contribution in [0, 0.1) is 11.8 Å². The summed E-state index contributed by atoms with van der Waals surface area (Å²) in [6.07, 6.45) is -0.984. The Morgan fingerprint density at radius 2 is 2.04 bits per heavy atom. The van der Waals surface area contributed by atoms with Gasteiger partial charge in [0.2, 0.25) is 0 Å². The molecule has 1 aliphatic carbocycles. The van der Waals surface area contributed by atoms with E-state index in [0.717, 1.165) is 24.8 Å². The minimum atomic E-state index is -4.68. The Morgan fingerprint density at radius 3 is 2.58 bits per heavy atom. The molecule has 1 aromatic carbocycles. The van der Waals surface area contributed by atoms with E-state index in [-0.39, 0.29) is 22.5 Å². The van der Waals surface area contributed by atoms with Crippen molar-refractivity contribution in [3.05, 3.63) is 29.3 Å². The molecule has 10 heteroatoms. The van der Waals surface area contributed by atoms with E-state index in [1.54, 1.807) is 11.8 Å². The summed E-state index contributed by atoms with van der Waals surface area (Å²) in [5.74, 6) is -1.11. The Labute approximate surface area is 152 Å². The average molecular weight is 407 g/mol. The molecule has 4 atom stereocenters. The first-order chi connectivity index (χ1) is 12.0. The maximum atomic E-state index is 13.0. The number of carbonyl (C=O) groups is 1. The Morgan fingerprint density at radius 1 is 1.35 bits per heavy atom. The van der Waals surface area contributed by atoms with Crippen molar-refractivity contribution in [2.45, 2.75) is 28.8 Å².